The minimum absolute atomic E-state index is 0.170. The molecule has 2 aromatic rings. The average Bonchev–Trinajstić information content (AvgIpc) is 2.56. The van der Waals surface area contributed by atoms with Gasteiger partial charge in [-0.2, -0.15) is 0 Å². The molecule has 0 aliphatic carbocycles. The van der Waals surface area contributed by atoms with Crippen LogP contribution in [0.4, 0.5) is 15.8 Å². The first-order chi connectivity index (χ1) is 12.3. The molecule has 26 heavy (non-hydrogen) atoms. The van der Waals surface area contributed by atoms with Gasteiger partial charge in [0.25, 0.3) is 0 Å². The summed E-state index contributed by atoms with van der Waals surface area (Å²) >= 11 is 0. The number of carboxylic acids is 1. The number of hydrogen-bond acceptors (Lipinski definition) is 6. The number of amides is 1. The van der Waals surface area contributed by atoms with Crippen LogP contribution in [0.5, 0.6) is 11.5 Å². The fraction of sp³-hybridized carbons (Fsp3) is 0.118. The van der Waals surface area contributed by atoms with E-state index in [-0.39, 0.29) is 17.2 Å². The summed E-state index contributed by atoms with van der Waals surface area (Å²) in [6.45, 7) is 0.366. The van der Waals surface area contributed by atoms with Crippen LogP contribution in [0.2, 0.25) is 0 Å². The zero-order valence-corrected chi connectivity index (χ0v) is 13.6. The maximum absolute atomic E-state index is 14.4. The molecule has 4 N–H and O–H groups in total. The summed E-state index contributed by atoms with van der Waals surface area (Å²) in [5.41, 5.74) is 4.54. The second-order valence-corrected chi connectivity index (χ2v) is 5.09. The molecule has 1 amide bonds. The van der Waals surface area contributed by atoms with Crippen molar-refractivity contribution < 1.29 is 33.4 Å². The minimum atomic E-state index is -1.31. The zero-order valence-electron chi connectivity index (χ0n) is 13.6. The number of nitrogen functional groups attached to an aromatic ring is 1. The number of halogens is 1. The molecule has 9 heteroatoms. The molecule has 0 saturated heterocycles. The summed E-state index contributed by atoms with van der Waals surface area (Å²) in [6, 6.07) is 8.68. The van der Waals surface area contributed by atoms with E-state index in [0.717, 1.165) is 13.0 Å². The predicted molar refractivity (Wildman–Crippen MR) is 89.6 cm³/mol. The van der Waals surface area contributed by atoms with Gasteiger partial charge in [-0.3, -0.25) is 4.79 Å². The second-order valence-electron chi connectivity index (χ2n) is 5.09. The first kappa shape index (κ1) is 18.7. The molecule has 0 aromatic heterocycles. The SMILES string of the molecule is CC(=O)Nc1c(OCC(=O)O)cc(F)c(C(=O)Oc2ccccc2)c1N. The Labute approximate surface area is 147 Å². The lowest BCUT2D eigenvalue weighted by molar-refractivity contribution is -0.139. The molecule has 136 valence electrons. The summed E-state index contributed by atoms with van der Waals surface area (Å²) in [7, 11) is 0. The maximum atomic E-state index is 14.4. The standard InChI is InChI=1S/C17H15FN2O6/c1-9(21)20-16-12(25-8-13(22)23)7-11(18)14(15(16)19)17(24)26-10-5-3-2-4-6-10/h2-7H,8,19H2,1H3,(H,20,21)(H,22,23). The Morgan fingerprint density at radius 3 is 2.46 bits per heavy atom. The number of esters is 1. The van der Waals surface area contributed by atoms with Gasteiger partial charge in [-0.1, -0.05) is 18.2 Å². The lowest BCUT2D eigenvalue weighted by Gasteiger charge is -2.16. The Morgan fingerprint density at radius 1 is 1.23 bits per heavy atom. The van der Waals surface area contributed by atoms with Crippen molar-refractivity contribution in [2.75, 3.05) is 17.7 Å². The van der Waals surface area contributed by atoms with E-state index in [9.17, 15) is 18.8 Å². The van der Waals surface area contributed by atoms with Crippen LogP contribution in [0.3, 0.4) is 0 Å². The Bertz CT molecular complexity index is 854. The number of nitrogens with one attached hydrogen (secondary N) is 1. The van der Waals surface area contributed by atoms with Crippen LogP contribution in [0.25, 0.3) is 0 Å². The number of hydrogen-bond donors (Lipinski definition) is 3. The van der Waals surface area contributed by atoms with Gasteiger partial charge in [0.15, 0.2) is 6.61 Å². The third kappa shape index (κ3) is 4.47. The largest absolute Gasteiger partial charge is 0.480 e. The van der Waals surface area contributed by atoms with Gasteiger partial charge in [0.05, 0.1) is 5.69 Å². The lowest BCUT2D eigenvalue weighted by Crippen LogP contribution is -2.19. The van der Waals surface area contributed by atoms with E-state index in [1.54, 1.807) is 18.2 Å². The minimum Gasteiger partial charge on any atom is -0.480 e. The Balaban J connectivity index is 2.44. The average molecular weight is 362 g/mol. The second kappa shape index (κ2) is 7.97. The highest BCUT2D eigenvalue weighted by atomic mass is 19.1. The van der Waals surface area contributed by atoms with Crippen LogP contribution >= 0.6 is 0 Å². The Morgan fingerprint density at radius 2 is 1.88 bits per heavy atom. The molecule has 0 aliphatic heterocycles. The summed E-state index contributed by atoms with van der Waals surface area (Å²) in [5.74, 6) is -4.21. The Hall–Kier alpha value is -3.62. The first-order valence-corrected chi connectivity index (χ1v) is 7.31. The highest BCUT2D eigenvalue weighted by molar-refractivity contribution is 6.04. The van der Waals surface area contributed by atoms with E-state index in [4.69, 9.17) is 20.3 Å². The van der Waals surface area contributed by atoms with E-state index in [2.05, 4.69) is 5.32 Å². The lowest BCUT2D eigenvalue weighted by atomic mass is 10.1. The molecule has 0 aliphatic rings. The molecule has 2 rings (SSSR count). The van der Waals surface area contributed by atoms with Crippen molar-refractivity contribution >= 4 is 29.2 Å². The molecule has 0 saturated carbocycles. The highest BCUT2D eigenvalue weighted by Gasteiger charge is 2.25. The van der Waals surface area contributed by atoms with Gasteiger partial charge >= 0.3 is 11.9 Å². The molecule has 0 heterocycles. The number of aliphatic carboxylic acids is 1. The van der Waals surface area contributed by atoms with Gasteiger partial charge in [-0.05, 0) is 12.1 Å². The van der Waals surface area contributed by atoms with E-state index < -0.39 is 41.5 Å². The zero-order chi connectivity index (χ0) is 19.3. The van der Waals surface area contributed by atoms with Crippen molar-refractivity contribution in [3.8, 4) is 11.5 Å². The smallest absolute Gasteiger partial charge is 0.348 e. The number of carboxylic acid groups (broad SMARTS) is 1. The van der Waals surface area contributed by atoms with Crippen molar-refractivity contribution in [1.82, 2.24) is 0 Å². The number of anilines is 2. The van der Waals surface area contributed by atoms with E-state index in [1.165, 1.54) is 12.1 Å². The molecular weight excluding hydrogens is 347 g/mol. The van der Waals surface area contributed by atoms with Crippen molar-refractivity contribution in [3.05, 3.63) is 47.8 Å². The van der Waals surface area contributed by atoms with Gasteiger partial charge < -0.3 is 25.6 Å². The van der Waals surface area contributed by atoms with Gasteiger partial charge in [-0.25, -0.2) is 14.0 Å². The normalized spacial score (nSPS) is 10.1. The van der Waals surface area contributed by atoms with Crippen molar-refractivity contribution in [2.45, 2.75) is 6.92 Å². The predicted octanol–water partition coefficient (Wildman–Crippen LogP) is 2.05. The topological polar surface area (TPSA) is 128 Å². The molecule has 0 spiro atoms. The van der Waals surface area contributed by atoms with Crippen LogP contribution in [0.15, 0.2) is 36.4 Å². The van der Waals surface area contributed by atoms with E-state index in [1.807, 2.05) is 0 Å². The van der Waals surface area contributed by atoms with Crippen molar-refractivity contribution in [1.29, 1.82) is 0 Å². The summed E-state index contributed by atoms with van der Waals surface area (Å²) in [4.78, 5) is 34.3. The third-order valence-corrected chi connectivity index (χ3v) is 3.09. The first-order valence-electron chi connectivity index (χ1n) is 7.31. The highest BCUT2D eigenvalue weighted by Crippen LogP contribution is 2.36. The molecule has 2 aromatic carbocycles. The van der Waals surface area contributed by atoms with Crippen LogP contribution in [0, 0.1) is 5.82 Å². The van der Waals surface area contributed by atoms with Crippen LogP contribution < -0.4 is 20.5 Å². The van der Waals surface area contributed by atoms with Crippen LogP contribution in [-0.2, 0) is 9.59 Å². The molecule has 0 atom stereocenters. The summed E-state index contributed by atoms with van der Waals surface area (Å²) in [6.07, 6.45) is 0. The molecular formula is C17H15FN2O6. The summed E-state index contributed by atoms with van der Waals surface area (Å²) in [5, 5.41) is 11.0. The quantitative estimate of drug-likeness (QED) is 0.407. The number of nitrogens with two attached hydrogens (primary N) is 1. The van der Waals surface area contributed by atoms with E-state index >= 15 is 0 Å². The molecule has 8 nitrogen and oxygen atoms in total. The van der Waals surface area contributed by atoms with Gasteiger partial charge in [-0.15, -0.1) is 0 Å². The molecule has 0 bridgehead atoms. The van der Waals surface area contributed by atoms with Crippen molar-refractivity contribution in [3.63, 3.8) is 0 Å². The molecule has 0 fully saturated rings. The maximum Gasteiger partial charge on any atom is 0.348 e. The number of carbonyl (C=O) groups excluding carboxylic acids is 2. The number of carbonyl (C=O) groups is 3. The van der Waals surface area contributed by atoms with E-state index in [0.29, 0.717) is 0 Å². The van der Waals surface area contributed by atoms with Gasteiger partial charge in [0, 0.05) is 13.0 Å². The Kier molecular flexibility index (Phi) is 5.74. The fourth-order valence-electron chi connectivity index (χ4n) is 2.06. The van der Waals surface area contributed by atoms with Crippen LogP contribution in [0.1, 0.15) is 17.3 Å². The number of benzene rings is 2. The molecule has 0 radical (unpaired) electrons. The summed E-state index contributed by atoms with van der Waals surface area (Å²) < 4.78 is 24.4. The number of rotatable bonds is 6. The number of para-hydroxylation sites is 1. The monoisotopic (exact) mass is 362 g/mol. The third-order valence-electron chi connectivity index (χ3n) is 3.09. The van der Waals surface area contributed by atoms with Gasteiger partial charge in [0.1, 0.15) is 28.6 Å². The molecule has 0 unspecified atom stereocenters. The van der Waals surface area contributed by atoms with Crippen molar-refractivity contribution in [2.24, 2.45) is 0 Å². The fourth-order valence-corrected chi connectivity index (χ4v) is 2.06. The van der Waals surface area contributed by atoms with Crippen LogP contribution in [-0.4, -0.2) is 29.6 Å². The van der Waals surface area contributed by atoms with Gasteiger partial charge in [0.2, 0.25) is 5.91 Å². The number of ether oxygens (including phenoxy) is 2.